The van der Waals surface area contributed by atoms with Gasteiger partial charge in [-0.1, -0.05) is 6.92 Å². The third-order valence-electron chi connectivity index (χ3n) is 3.59. The second-order valence-corrected chi connectivity index (χ2v) is 4.92. The molecule has 1 aromatic carbocycles. The first-order valence-corrected chi connectivity index (χ1v) is 6.75. The molecule has 98 valence electrons. The first kappa shape index (κ1) is 11.7. The highest BCUT2D eigenvalue weighted by atomic mass is 16.7. The van der Waals surface area contributed by atoms with Gasteiger partial charge >= 0.3 is 0 Å². The van der Waals surface area contributed by atoms with Crippen LogP contribution in [0.2, 0.25) is 0 Å². The van der Waals surface area contributed by atoms with Crippen molar-refractivity contribution in [1.29, 1.82) is 0 Å². The van der Waals surface area contributed by atoms with E-state index in [4.69, 9.17) is 9.47 Å². The van der Waals surface area contributed by atoms with E-state index in [1.54, 1.807) is 0 Å². The first-order valence-electron chi connectivity index (χ1n) is 6.75. The van der Waals surface area contributed by atoms with Crippen LogP contribution in [0.5, 0.6) is 11.5 Å². The molecule has 18 heavy (non-hydrogen) atoms. The van der Waals surface area contributed by atoms with E-state index in [1.807, 2.05) is 6.07 Å². The summed E-state index contributed by atoms with van der Waals surface area (Å²) in [5.41, 5.74) is 1.24. The molecule has 0 amide bonds. The molecule has 1 fully saturated rings. The molecule has 4 nitrogen and oxygen atoms in total. The minimum atomic E-state index is 0.347. The lowest BCUT2D eigenvalue weighted by atomic mass is 10.2. The summed E-state index contributed by atoms with van der Waals surface area (Å²) in [5.74, 6) is 1.73. The van der Waals surface area contributed by atoms with Gasteiger partial charge in [-0.2, -0.15) is 0 Å². The van der Waals surface area contributed by atoms with Crippen LogP contribution in [0.3, 0.4) is 0 Å². The molecule has 1 unspecified atom stereocenters. The van der Waals surface area contributed by atoms with E-state index in [1.165, 1.54) is 18.5 Å². The van der Waals surface area contributed by atoms with E-state index in [2.05, 4.69) is 29.3 Å². The van der Waals surface area contributed by atoms with Gasteiger partial charge in [0.05, 0.1) is 0 Å². The second kappa shape index (κ2) is 5.06. The maximum atomic E-state index is 5.43. The molecule has 1 N–H and O–H groups in total. The summed E-state index contributed by atoms with van der Waals surface area (Å²) < 4.78 is 10.8. The van der Waals surface area contributed by atoms with Crippen molar-refractivity contribution in [3.63, 3.8) is 0 Å². The molecule has 0 saturated carbocycles. The van der Waals surface area contributed by atoms with Crippen molar-refractivity contribution in [3.8, 4) is 11.5 Å². The Morgan fingerprint density at radius 3 is 3.11 bits per heavy atom. The standard InChI is InChI=1S/C14H20N2O2/c1-2-6-15-11-5-7-16(9-11)12-3-4-13-14(8-12)18-10-17-13/h3-4,8,11,15H,2,5-7,9-10H2,1H3. The fourth-order valence-electron chi connectivity index (χ4n) is 2.59. The van der Waals surface area contributed by atoms with Crippen LogP contribution in [0.4, 0.5) is 5.69 Å². The van der Waals surface area contributed by atoms with E-state index in [-0.39, 0.29) is 0 Å². The van der Waals surface area contributed by atoms with Crippen LogP contribution in [-0.2, 0) is 0 Å². The fourth-order valence-corrected chi connectivity index (χ4v) is 2.59. The van der Waals surface area contributed by atoms with Gasteiger partial charge < -0.3 is 19.7 Å². The molecule has 0 aromatic heterocycles. The predicted molar refractivity (Wildman–Crippen MR) is 71.5 cm³/mol. The molecule has 1 aromatic rings. The lowest BCUT2D eigenvalue weighted by Crippen LogP contribution is -2.32. The summed E-state index contributed by atoms with van der Waals surface area (Å²) in [6, 6.07) is 6.83. The van der Waals surface area contributed by atoms with Crippen LogP contribution in [0.1, 0.15) is 19.8 Å². The lowest BCUT2D eigenvalue weighted by Gasteiger charge is -2.19. The predicted octanol–water partition coefficient (Wildman–Crippen LogP) is 1.99. The van der Waals surface area contributed by atoms with Crippen molar-refractivity contribution >= 4 is 5.69 Å². The number of hydrogen-bond acceptors (Lipinski definition) is 4. The molecule has 1 saturated heterocycles. The third kappa shape index (κ3) is 2.25. The van der Waals surface area contributed by atoms with Crippen molar-refractivity contribution in [2.45, 2.75) is 25.8 Å². The van der Waals surface area contributed by atoms with Crippen LogP contribution in [-0.4, -0.2) is 32.5 Å². The zero-order chi connectivity index (χ0) is 12.4. The van der Waals surface area contributed by atoms with Crippen molar-refractivity contribution in [1.82, 2.24) is 5.32 Å². The van der Waals surface area contributed by atoms with E-state index >= 15 is 0 Å². The number of nitrogens with zero attached hydrogens (tertiary/aromatic N) is 1. The molecule has 3 rings (SSSR count). The van der Waals surface area contributed by atoms with E-state index in [0.717, 1.165) is 31.1 Å². The van der Waals surface area contributed by atoms with Crippen LogP contribution >= 0.6 is 0 Å². The van der Waals surface area contributed by atoms with Crippen molar-refractivity contribution in [3.05, 3.63) is 18.2 Å². The monoisotopic (exact) mass is 248 g/mol. The second-order valence-electron chi connectivity index (χ2n) is 4.92. The van der Waals surface area contributed by atoms with Crippen molar-refractivity contribution < 1.29 is 9.47 Å². The van der Waals surface area contributed by atoms with Crippen LogP contribution < -0.4 is 19.7 Å². The molecule has 1 atom stereocenters. The normalized spacial score (nSPS) is 21.6. The van der Waals surface area contributed by atoms with E-state index < -0.39 is 0 Å². The van der Waals surface area contributed by atoms with E-state index in [0.29, 0.717) is 12.8 Å². The Hall–Kier alpha value is -1.42. The topological polar surface area (TPSA) is 33.7 Å². The summed E-state index contributed by atoms with van der Waals surface area (Å²) in [6.45, 7) is 5.86. The quantitative estimate of drug-likeness (QED) is 0.883. The SMILES string of the molecule is CCCNC1CCN(c2ccc3c(c2)OCO3)C1. The van der Waals surface area contributed by atoms with Crippen molar-refractivity contribution in [2.24, 2.45) is 0 Å². The van der Waals surface area contributed by atoms with Gasteiger partial charge in [0.1, 0.15) is 0 Å². The largest absolute Gasteiger partial charge is 0.454 e. The number of hydrogen-bond donors (Lipinski definition) is 1. The molecule has 2 heterocycles. The number of ether oxygens (including phenoxy) is 2. The van der Waals surface area contributed by atoms with Crippen molar-refractivity contribution in [2.75, 3.05) is 31.3 Å². The number of fused-ring (bicyclic) bond motifs is 1. The van der Waals surface area contributed by atoms with Crippen LogP contribution in [0.25, 0.3) is 0 Å². The fraction of sp³-hybridized carbons (Fsp3) is 0.571. The zero-order valence-corrected chi connectivity index (χ0v) is 10.8. The molecular weight excluding hydrogens is 228 g/mol. The zero-order valence-electron chi connectivity index (χ0n) is 10.8. The Labute approximate surface area is 108 Å². The summed E-state index contributed by atoms with van der Waals surface area (Å²) >= 11 is 0. The maximum absolute atomic E-state index is 5.43. The summed E-state index contributed by atoms with van der Waals surface area (Å²) in [5, 5.41) is 3.59. The van der Waals surface area contributed by atoms with Gasteiger partial charge in [-0.25, -0.2) is 0 Å². The molecule has 0 spiro atoms. The molecule has 4 heteroatoms. The van der Waals surface area contributed by atoms with Gasteiger partial charge in [0, 0.05) is 30.9 Å². The highest BCUT2D eigenvalue weighted by Crippen LogP contribution is 2.36. The molecule has 0 bridgehead atoms. The molecule has 2 aliphatic heterocycles. The summed E-state index contributed by atoms with van der Waals surface area (Å²) in [4.78, 5) is 2.41. The number of nitrogens with one attached hydrogen (secondary N) is 1. The van der Waals surface area contributed by atoms with Gasteiger partial charge in [0.2, 0.25) is 6.79 Å². The first-order chi connectivity index (χ1) is 8.86. The molecule has 2 aliphatic rings. The van der Waals surface area contributed by atoms with E-state index in [9.17, 15) is 0 Å². The maximum Gasteiger partial charge on any atom is 0.231 e. The van der Waals surface area contributed by atoms with Crippen LogP contribution in [0.15, 0.2) is 18.2 Å². The Morgan fingerprint density at radius 1 is 1.33 bits per heavy atom. The molecule has 0 radical (unpaired) electrons. The average Bonchev–Trinajstić information content (AvgIpc) is 3.04. The smallest absolute Gasteiger partial charge is 0.231 e. The molecular formula is C14H20N2O2. The highest BCUT2D eigenvalue weighted by molar-refractivity contribution is 5.57. The molecule has 0 aliphatic carbocycles. The third-order valence-corrected chi connectivity index (χ3v) is 3.59. The highest BCUT2D eigenvalue weighted by Gasteiger charge is 2.23. The van der Waals surface area contributed by atoms with Crippen LogP contribution in [0, 0.1) is 0 Å². The van der Waals surface area contributed by atoms with Gasteiger partial charge in [-0.05, 0) is 31.5 Å². The summed E-state index contributed by atoms with van der Waals surface area (Å²) in [6.07, 6.45) is 2.41. The van der Waals surface area contributed by atoms with Gasteiger partial charge in [-0.3, -0.25) is 0 Å². The minimum absolute atomic E-state index is 0.347. The number of benzene rings is 1. The Morgan fingerprint density at radius 2 is 2.22 bits per heavy atom. The number of rotatable bonds is 4. The van der Waals surface area contributed by atoms with Gasteiger partial charge in [0.15, 0.2) is 11.5 Å². The lowest BCUT2D eigenvalue weighted by molar-refractivity contribution is 0.174. The summed E-state index contributed by atoms with van der Waals surface area (Å²) in [7, 11) is 0. The minimum Gasteiger partial charge on any atom is -0.454 e. The van der Waals surface area contributed by atoms with Gasteiger partial charge in [-0.15, -0.1) is 0 Å². The Kier molecular flexibility index (Phi) is 3.28. The average molecular weight is 248 g/mol. The van der Waals surface area contributed by atoms with Gasteiger partial charge in [0.25, 0.3) is 0 Å². The number of anilines is 1. The Balaban J connectivity index is 1.65. The Bertz CT molecular complexity index is 422.